The largest absolute Gasteiger partial charge is 0.264 e. The molecule has 2 heteroatoms. The van der Waals surface area contributed by atoms with Crippen LogP contribution in [-0.2, 0) is 0 Å². The Balaban J connectivity index is 2.19. The van der Waals surface area contributed by atoms with Gasteiger partial charge in [0.05, 0.1) is 0 Å². The van der Waals surface area contributed by atoms with Crippen LogP contribution in [0.1, 0.15) is 0 Å². The second kappa shape index (κ2) is 3.48. The number of nitrogens with zero attached hydrogens (tertiary/aromatic N) is 1. The Morgan fingerprint density at radius 1 is 1.20 bits per heavy atom. The van der Waals surface area contributed by atoms with Crippen LogP contribution in [0.4, 0.5) is 0 Å². The van der Waals surface area contributed by atoms with Crippen molar-refractivity contribution in [2.24, 2.45) is 0 Å². The van der Waals surface area contributed by atoms with Gasteiger partial charge in [-0.2, -0.15) is 0 Å². The molecule has 2 heterocycles. The van der Waals surface area contributed by atoms with Gasteiger partial charge in [-0.3, -0.25) is 4.98 Å². The summed E-state index contributed by atoms with van der Waals surface area (Å²) in [5.74, 6) is 0. The smallest absolute Gasteiger partial charge is 0.0355 e. The van der Waals surface area contributed by atoms with E-state index in [1.807, 2.05) is 18.3 Å². The maximum Gasteiger partial charge on any atom is 0.0355 e. The van der Waals surface area contributed by atoms with E-state index in [0.717, 1.165) is 5.56 Å². The zero-order valence-electron chi connectivity index (χ0n) is 7.97. The lowest BCUT2D eigenvalue weighted by Crippen LogP contribution is -1.78. The van der Waals surface area contributed by atoms with Crippen molar-refractivity contribution < 1.29 is 0 Å². The van der Waals surface area contributed by atoms with E-state index in [-0.39, 0.29) is 0 Å². The van der Waals surface area contributed by atoms with Crippen LogP contribution in [0, 0.1) is 6.07 Å². The van der Waals surface area contributed by atoms with E-state index in [0.29, 0.717) is 0 Å². The van der Waals surface area contributed by atoms with E-state index < -0.39 is 0 Å². The lowest BCUT2D eigenvalue weighted by molar-refractivity contribution is 1.33. The fraction of sp³-hybridized carbons (Fsp3) is 0. The van der Waals surface area contributed by atoms with Crippen molar-refractivity contribution in [1.29, 1.82) is 0 Å². The van der Waals surface area contributed by atoms with Crippen molar-refractivity contribution in [3.05, 3.63) is 54.2 Å². The summed E-state index contributed by atoms with van der Waals surface area (Å²) in [4.78, 5) is 4.12. The van der Waals surface area contributed by atoms with Gasteiger partial charge < -0.3 is 0 Å². The number of benzene rings is 1. The molecule has 71 valence electrons. The number of hydrogen-bond acceptors (Lipinski definition) is 2. The van der Waals surface area contributed by atoms with Crippen LogP contribution in [0.15, 0.2) is 48.1 Å². The standard InChI is InChI=1S/C13H8NS/c1-2-12(9-14-6-1)11-4-3-10-5-7-15-13(10)8-11/h1-2,4-9H. The van der Waals surface area contributed by atoms with Gasteiger partial charge in [0, 0.05) is 28.0 Å². The fourth-order valence-electron chi connectivity index (χ4n) is 1.59. The van der Waals surface area contributed by atoms with Gasteiger partial charge in [-0.1, -0.05) is 6.07 Å². The number of hydrogen-bond donors (Lipinski definition) is 0. The normalized spacial score (nSPS) is 10.7. The Kier molecular flexibility index (Phi) is 2.00. The van der Waals surface area contributed by atoms with Gasteiger partial charge in [-0.05, 0) is 41.3 Å². The molecule has 0 atom stereocenters. The summed E-state index contributed by atoms with van der Waals surface area (Å²) < 4.78 is 1.27. The highest BCUT2D eigenvalue weighted by Crippen LogP contribution is 2.26. The summed E-state index contributed by atoms with van der Waals surface area (Å²) in [5.41, 5.74) is 2.32. The van der Waals surface area contributed by atoms with E-state index in [2.05, 4.69) is 34.6 Å². The summed E-state index contributed by atoms with van der Waals surface area (Å²) in [6, 6.07) is 13.6. The molecule has 0 aliphatic heterocycles. The highest BCUT2D eigenvalue weighted by atomic mass is 32.1. The molecule has 1 radical (unpaired) electrons. The van der Waals surface area contributed by atoms with Gasteiger partial charge in [0.25, 0.3) is 0 Å². The molecule has 0 unspecified atom stereocenters. The quantitative estimate of drug-likeness (QED) is 0.596. The molecular weight excluding hydrogens is 202 g/mol. The minimum Gasteiger partial charge on any atom is -0.264 e. The minimum absolute atomic E-state index is 1.14. The molecule has 0 N–H and O–H groups in total. The highest BCUT2D eigenvalue weighted by molar-refractivity contribution is 7.17. The number of aromatic nitrogens is 1. The molecule has 3 aromatic rings. The van der Waals surface area contributed by atoms with Crippen LogP contribution >= 0.6 is 11.3 Å². The Labute approximate surface area is 92.0 Å². The maximum atomic E-state index is 4.12. The van der Waals surface area contributed by atoms with Gasteiger partial charge in [0.15, 0.2) is 0 Å². The van der Waals surface area contributed by atoms with Crippen molar-refractivity contribution in [3.63, 3.8) is 0 Å². The molecule has 1 nitrogen and oxygen atoms in total. The maximum absolute atomic E-state index is 4.12. The van der Waals surface area contributed by atoms with Gasteiger partial charge in [-0.25, -0.2) is 0 Å². The number of fused-ring (bicyclic) bond motifs is 1. The van der Waals surface area contributed by atoms with Gasteiger partial charge in [0.1, 0.15) is 0 Å². The predicted molar refractivity (Wildman–Crippen MR) is 63.9 cm³/mol. The summed E-state index contributed by atoms with van der Waals surface area (Å²) in [6.07, 6.45) is 3.67. The van der Waals surface area contributed by atoms with E-state index in [1.165, 1.54) is 15.6 Å². The molecular formula is C13H8NS. The number of pyridine rings is 1. The Bertz CT molecular complexity index is 584. The third-order valence-electron chi connectivity index (χ3n) is 2.36. The molecule has 1 aromatic carbocycles. The van der Waals surface area contributed by atoms with Gasteiger partial charge in [0.2, 0.25) is 0 Å². The lowest BCUT2D eigenvalue weighted by atomic mass is 10.1. The molecule has 0 spiro atoms. The van der Waals surface area contributed by atoms with Crippen molar-refractivity contribution in [2.45, 2.75) is 0 Å². The third-order valence-corrected chi connectivity index (χ3v) is 3.22. The average Bonchev–Trinajstić information content (AvgIpc) is 2.77. The van der Waals surface area contributed by atoms with Crippen LogP contribution < -0.4 is 0 Å². The SMILES string of the molecule is [c]1cc(-c2cccnc2)cc2sccc12. The van der Waals surface area contributed by atoms with Crippen LogP contribution in [0.3, 0.4) is 0 Å². The van der Waals surface area contributed by atoms with Crippen LogP contribution in [0.2, 0.25) is 0 Å². The fourth-order valence-corrected chi connectivity index (χ4v) is 2.39. The van der Waals surface area contributed by atoms with Crippen LogP contribution in [0.5, 0.6) is 0 Å². The number of rotatable bonds is 1. The van der Waals surface area contributed by atoms with Crippen molar-refractivity contribution >= 4 is 21.4 Å². The summed E-state index contributed by atoms with van der Waals surface area (Å²) in [7, 11) is 0. The second-order valence-electron chi connectivity index (χ2n) is 3.33. The third kappa shape index (κ3) is 1.53. The lowest BCUT2D eigenvalue weighted by Gasteiger charge is -1.99. The first-order valence-electron chi connectivity index (χ1n) is 4.73. The first kappa shape index (κ1) is 8.62. The van der Waals surface area contributed by atoms with Crippen LogP contribution in [0.25, 0.3) is 21.2 Å². The van der Waals surface area contributed by atoms with Crippen molar-refractivity contribution in [3.8, 4) is 11.1 Å². The Morgan fingerprint density at radius 2 is 2.20 bits per heavy atom. The molecule has 0 fully saturated rings. The second-order valence-corrected chi connectivity index (χ2v) is 4.28. The molecule has 0 amide bonds. The molecule has 0 aliphatic carbocycles. The van der Waals surface area contributed by atoms with E-state index in [4.69, 9.17) is 0 Å². The van der Waals surface area contributed by atoms with Crippen molar-refractivity contribution in [1.82, 2.24) is 4.98 Å². The predicted octanol–water partition coefficient (Wildman–Crippen LogP) is 3.76. The van der Waals surface area contributed by atoms with Crippen LogP contribution in [-0.4, -0.2) is 4.98 Å². The van der Waals surface area contributed by atoms with Gasteiger partial charge in [-0.15, -0.1) is 11.3 Å². The summed E-state index contributed by atoms with van der Waals surface area (Å²) >= 11 is 1.74. The van der Waals surface area contributed by atoms with E-state index in [9.17, 15) is 0 Å². The highest BCUT2D eigenvalue weighted by Gasteiger charge is 2.00. The first-order chi connectivity index (χ1) is 7.43. The zero-order valence-corrected chi connectivity index (χ0v) is 8.79. The summed E-state index contributed by atoms with van der Waals surface area (Å²) in [5, 5.41) is 3.28. The monoisotopic (exact) mass is 210 g/mol. The molecule has 15 heavy (non-hydrogen) atoms. The molecule has 0 aliphatic rings. The summed E-state index contributed by atoms with van der Waals surface area (Å²) in [6.45, 7) is 0. The zero-order chi connectivity index (χ0) is 10.1. The first-order valence-corrected chi connectivity index (χ1v) is 5.61. The van der Waals surface area contributed by atoms with Gasteiger partial charge >= 0.3 is 0 Å². The van der Waals surface area contributed by atoms with E-state index in [1.54, 1.807) is 17.5 Å². The number of thiophene rings is 1. The van der Waals surface area contributed by atoms with Crippen molar-refractivity contribution in [2.75, 3.05) is 0 Å². The molecule has 0 bridgehead atoms. The van der Waals surface area contributed by atoms with E-state index >= 15 is 0 Å². The molecule has 2 aromatic heterocycles. The Hall–Kier alpha value is -1.67. The molecule has 0 saturated heterocycles. The topological polar surface area (TPSA) is 12.9 Å². The average molecular weight is 210 g/mol. The Morgan fingerprint density at radius 3 is 3.07 bits per heavy atom. The molecule has 3 rings (SSSR count). The minimum atomic E-state index is 1.14. The molecule has 0 saturated carbocycles.